The van der Waals surface area contributed by atoms with Crippen LogP contribution in [-0.4, -0.2) is 46.5 Å². The van der Waals surface area contributed by atoms with Crippen LogP contribution in [0.2, 0.25) is 5.02 Å². The highest BCUT2D eigenvalue weighted by molar-refractivity contribution is 8.04. The Kier molecular flexibility index (Phi) is 7.03. The molecule has 2 amide bonds. The monoisotopic (exact) mass is 454 g/mol. The molecular formula is C25H27ClN2O2S. The molecule has 2 fully saturated rings. The van der Waals surface area contributed by atoms with Gasteiger partial charge in [0, 0.05) is 29.9 Å². The van der Waals surface area contributed by atoms with Gasteiger partial charge in [0.1, 0.15) is 6.54 Å². The number of carbonyl (C=O) groups excluding carboxylic acids is 2. The normalized spacial score (nSPS) is 22.3. The van der Waals surface area contributed by atoms with Gasteiger partial charge in [0.15, 0.2) is 0 Å². The van der Waals surface area contributed by atoms with Gasteiger partial charge in [0.05, 0.1) is 4.91 Å². The van der Waals surface area contributed by atoms with E-state index in [2.05, 4.69) is 0 Å². The van der Waals surface area contributed by atoms with Crippen molar-refractivity contribution >= 4 is 41.3 Å². The number of hydrogen-bond donors (Lipinski definition) is 0. The van der Waals surface area contributed by atoms with E-state index in [-0.39, 0.29) is 24.4 Å². The lowest BCUT2D eigenvalue weighted by molar-refractivity contribution is -0.140. The van der Waals surface area contributed by atoms with Crippen molar-refractivity contribution in [2.75, 3.05) is 13.6 Å². The fourth-order valence-electron chi connectivity index (χ4n) is 4.32. The SMILES string of the molecule is CN(Cc1ccccc1)C(=O)CN1C(=O)/C(=C\c2cccc(Cl)c2)SC2CCCCC21. The summed E-state index contributed by atoms with van der Waals surface area (Å²) >= 11 is 7.79. The second-order valence-corrected chi connectivity index (χ2v) is 9.96. The number of halogens is 1. The van der Waals surface area contributed by atoms with Gasteiger partial charge in [-0.1, -0.05) is 66.9 Å². The predicted molar refractivity (Wildman–Crippen MR) is 128 cm³/mol. The van der Waals surface area contributed by atoms with Crippen molar-refractivity contribution < 1.29 is 9.59 Å². The Bertz CT molecular complexity index is 978. The van der Waals surface area contributed by atoms with Crippen LogP contribution in [0.5, 0.6) is 0 Å². The molecule has 1 heterocycles. The van der Waals surface area contributed by atoms with Gasteiger partial charge in [0.2, 0.25) is 5.91 Å². The van der Waals surface area contributed by atoms with E-state index in [1.54, 1.807) is 23.7 Å². The summed E-state index contributed by atoms with van der Waals surface area (Å²) in [6, 6.07) is 17.6. The molecule has 0 bridgehead atoms. The summed E-state index contributed by atoms with van der Waals surface area (Å²) in [4.78, 5) is 30.7. The highest BCUT2D eigenvalue weighted by Crippen LogP contribution is 2.42. The molecule has 0 N–H and O–H groups in total. The number of amides is 2. The van der Waals surface area contributed by atoms with E-state index in [4.69, 9.17) is 11.6 Å². The summed E-state index contributed by atoms with van der Waals surface area (Å²) in [5, 5.41) is 0.983. The van der Waals surface area contributed by atoms with Gasteiger partial charge < -0.3 is 9.80 Å². The number of benzene rings is 2. The van der Waals surface area contributed by atoms with Gasteiger partial charge in [-0.25, -0.2) is 0 Å². The zero-order valence-corrected chi connectivity index (χ0v) is 19.2. The fourth-order valence-corrected chi connectivity index (χ4v) is 5.99. The first-order valence-corrected chi connectivity index (χ1v) is 12.0. The molecule has 1 saturated carbocycles. The van der Waals surface area contributed by atoms with Gasteiger partial charge in [-0.3, -0.25) is 9.59 Å². The third-order valence-corrected chi connectivity index (χ3v) is 7.59. The van der Waals surface area contributed by atoms with E-state index in [1.807, 2.05) is 65.6 Å². The number of likely N-dealkylation sites (N-methyl/N-ethyl adjacent to an activating group) is 1. The largest absolute Gasteiger partial charge is 0.340 e. The molecule has 0 radical (unpaired) electrons. The third kappa shape index (κ3) is 5.34. The van der Waals surface area contributed by atoms with Crippen LogP contribution in [0.1, 0.15) is 36.8 Å². The average Bonchev–Trinajstić information content (AvgIpc) is 2.77. The van der Waals surface area contributed by atoms with E-state index in [9.17, 15) is 9.59 Å². The zero-order valence-electron chi connectivity index (χ0n) is 17.7. The number of nitrogens with zero attached hydrogens (tertiary/aromatic N) is 2. The minimum atomic E-state index is -0.0467. The second kappa shape index (κ2) is 9.92. The lowest BCUT2D eigenvalue weighted by Gasteiger charge is -2.44. The van der Waals surface area contributed by atoms with Crippen LogP contribution in [0, 0.1) is 0 Å². The van der Waals surface area contributed by atoms with Gasteiger partial charge in [-0.15, -0.1) is 11.8 Å². The van der Waals surface area contributed by atoms with Gasteiger partial charge >= 0.3 is 0 Å². The van der Waals surface area contributed by atoms with Crippen molar-refractivity contribution in [3.05, 3.63) is 75.7 Å². The first-order chi connectivity index (χ1) is 15.0. The van der Waals surface area contributed by atoms with Crippen LogP contribution < -0.4 is 0 Å². The maximum Gasteiger partial charge on any atom is 0.261 e. The molecule has 31 heavy (non-hydrogen) atoms. The van der Waals surface area contributed by atoms with Gasteiger partial charge in [-0.2, -0.15) is 0 Å². The van der Waals surface area contributed by atoms with Crippen LogP contribution in [0.15, 0.2) is 59.5 Å². The fraction of sp³-hybridized carbons (Fsp3) is 0.360. The number of rotatable bonds is 5. The van der Waals surface area contributed by atoms with E-state index < -0.39 is 0 Å². The summed E-state index contributed by atoms with van der Waals surface area (Å²) in [6.07, 6.45) is 6.22. The number of hydrogen-bond acceptors (Lipinski definition) is 3. The molecule has 2 aromatic carbocycles. The summed E-state index contributed by atoms with van der Waals surface area (Å²) in [7, 11) is 1.81. The Balaban J connectivity index is 1.53. The van der Waals surface area contributed by atoms with Gasteiger partial charge in [-0.05, 0) is 42.2 Å². The van der Waals surface area contributed by atoms with Crippen LogP contribution in [0.4, 0.5) is 0 Å². The molecule has 2 atom stereocenters. The highest BCUT2D eigenvalue weighted by atomic mass is 35.5. The molecule has 6 heteroatoms. The first-order valence-electron chi connectivity index (χ1n) is 10.7. The zero-order chi connectivity index (χ0) is 21.8. The molecule has 2 unspecified atom stereocenters. The lowest BCUT2D eigenvalue weighted by Crippen LogP contribution is -2.54. The van der Waals surface area contributed by atoms with Crippen LogP contribution in [0.25, 0.3) is 6.08 Å². The van der Waals surface area contributed by atoms with E-state index >= 15 is 0 Å². The molecule has 2 aliphatic rings. The molecule has 162 valence electrons. The van der Waals surface area contributed by atoms with Crippen LogP contribution in [0.3, 0.4) is 0 Å². The molecule has 0 aromatic heterocycles. The first kappa shape index (κ1) is 22.0. The highest BCUT2D eigenvalue weighted by Gasteiger charge is 2.41. The van der Waals surface area contributed by atoms with Crippen LogP contribution >= 0.6 is 23.4 Å². The Morgan fingerprint density at radius 1 is 1.16 bits per heavy atom. The molecule has 1 saturated heterocycles. The van der Waals surface area contributed by atoms with Crippen molar-refractivity contribution in [2.24, 2.45) is 0 Å². The summed E-state index contributed by atoms with van der Waals surface area (Å²) in [5.74, 6) is -0.0786. The maximum absolute atomic E-state index is 13.4. The Labute approximate surface area is 193 Å². The summed E-state index contributed by atoms with van der Waals surface area (Å²) < 4.78 is 0. The molecule has 0 spiro atoms. The number of carbonyl (C=O) groups is 2. The van der Waals surface area contributed by atoms with Crippen molar-refractivity contribution in [2.45, 2.75) is 43.5 Å². The Morgan fingerprint density at radius 2 is 1.94 bits per heavy atom. The number of fused-ring (bicyclic) bond motifs is 1. The molecule has 4 nitrogen and oxygen atoms in total. The van der Waals surface area contributed by atoms with Gasteiger partial charge in [0.25, 0.3) is 5.91 Å². The second-order valence-electron chi connectivity index (χ2n) is 8.24. The standard InChI is InChI=1S/C25H27ClN2O2S/c1-27(16-18-8-3-2-4-9-18)24(29)17-28-21-12-5-6-13-22(21)31-23(25(28)30)15-19-10-7-11-20(26)14-19/h2-4,7-11,14-15,21-22H,5-6,12-13,16-17H2,1H3/b23-15+. The smallest absolute Gasteiger partial charge is 0.261 e. The van der Waals surface area contributed by atoms with E-state index in [0.717, 1.165) is 30.4 Å². The Morgan fingerprint density at radius 3 is 2.71 bits per heavy atom. The van der Waals surface area contributed by atoms with Crippen LogP contribution in [-0.2, 0) is 16.1 Å². The van der Waals surface area contributed by atoms with Crippen molar-refractivity contribution in [3.63, 3.8) is 0 Å². The minimum Gasteiger partial charge on any atom is -0.340 e. The van der Waals surface area contributed by atoms with E-state index in [1.165, 1.54) is 6.42 Å². The molecule has 4 rings (SSSR count). The molecule has 1 aliphatic heterocycles. The average molecular weight is 455 g/mol. The van der Waals surface area contributed by atoms with Crippen molar-refractivity contribution in [3.8, 4) is 0 Å². The maximum atomic E-state index is 13.4. The predicted octanol–water partition coefficient (Wildman–Crippen LogP) is 5.23. The Hall–Kier alpha value is -2.24. The summed E-state index contributed by atoms with van der Waals surface area (Å²) in [5.41, 5.74) is 1.99. The molecule has 2 aromatic rings. The lowest BCUT2D eigenvalue weighted by atomic mass is 9.93. The molecular weight excluding hydrogens is 428 g/mol. The quantitative estimate of drug-likeness (QED) is 0.581. The van der Waals surface area contributed by atoms with Crippen molar-refractivity contribution in [1.29, 1.82) is 0 Å². The van der Waals surface area contributed by atoms with Crippen molar-refractivity contribution in [1.82, 2.24) is 9.80 Å². The minimum absolute atomic E-state index is 0.0319. The van der Waals surface area contributed by atoms with E-state index in [0.29, 0.717) is 21.7 Å². The number of thioether (sulfide) groups is 1. The topological polar surface area (TPSA) is 40.6 Å². The molecule has 1 aliphatic carbocycles. The third-order valence-electron chi connectivity index (χ3n) is 5.96. The summed E-state index contributed by atoms with van der Waals surface area (Å²) in [6.45, 7) is 0.659.